The van der Waals surface area contributed by atoms with Crippen molar-refractivity contribution >= 4 is 11.7 Å². The zero-order valence-electron chi connectivity index (χ0n) is 14.2. The summed E-state index contributed by atoms with van der Waals surface area (Å²) in [4.78, 5) is 18.4. The smallest absolute Gasteiger partial charge is 0.322 e. The second-order valence-corrected chi connectivity index (χ2v) is 6.25. The summed E-state index contributed by atoms with van der Waals surface area (Å²) in [5.74, 6) is 1.39. The first-order chi connectivity index (χ1) is 11.5. The fraction of sp³-hybridized carbons (Fsp3) is 0.471. The van der Waals surface area contributed by atoms with Crippen LogP contribution in [0.5, 0.6) is 0 Å². The summed E-state index contributed by atoms with van der Waals surface area (Å²) in [6, 6.07) is 7.26. The maximum absolute atomic E-state index is 12.3. The third-order valence-corrected chi connectivity index (χ3v) is 3.87. The summed E-state index contributed by atoms with van der Waals surface area (Å²) in [6.45, 7) is 7.77. The van der Waals surface area contributed by atoms with E-state index < -0.39 is 0 Å². The highest BCUT2D eigenvalue weighted by Gasteiger charge is 2.21. The van der Waals surface area contributed by atoms with Crippen molar-refractivity contribution < 1.29 is 14.1 Å². The second-order valence-electron chi connectivity index (χ2n) is 6.25. The third kappa shape index (κ3) is 3.73. The number of amides is 2. The van der Waals surface area contributed by atoms with E-state index in [9.17, 15) is 4.79 Å². The molecule has 0 aliphatic carbocycles. The number of ether oxygens (including phenoxy) is 1. The van der Waals surface area contributed by atoms with Gasteiger partial charge in [-0.2, -0.15) is 4.98 Å². The minimum atomic E-state index is -0.113. The van der Waals surface area contributed by atoms with Crippen LogP contribution in [-0.4, -0.2) is 46.9 Å². The minimum Gasteiger partial charge on any atom is -0.375 e. The van der Waals surface area contributed by atoms with E-state index in [1.165, 1.54) is 0 Å². The number of aromatic nitrogens is 2. The molecule has 0 saturated carbocycles. The van der Waals surface area contributed by atoms with Crippen LogP contribution in [0.15, 0.2) is 28.8 Å². The lowest BCUT2D eigenvalue weighted by atomic mass is 10.2. The summed E-state index contributed by atoms with van der Waals surface area (Å²) >= 11 is 0. The molecule has 1 aliphatic heterocycles. The molecule has 1 N–H and O–H groups in total. The monoisotopic (exact) mass is 330 g/mol. The normalized spacial score (nSPS) is 18.0. The van der Waals surface area contributed by atoms with Crippen LogP contribution in [0.25, 0.3) is 11.5 Å². The van der Waals surface area contributed by atoms with E-state index in [1.54, 1.807) is 4.90 Å². The van der Waals surface area contributed by atoms with Crippen LogP contribution < -0.4 is 5.32 Å². The van der Waals surface area contributed by atoms with Crippen LogP contribution in [0.3, 0.4) is 0 Å². The maximum atomic E-state index is 12.3. The van der Waals surface area contributed by atoms with Crippen molar-refractivity contribution in [2.45, 2.75) is 32.8 Å². The van der Waals surface area contributed by atoms with Crippen molar-refractivity contribution in [2.24, 2.45) is 0 Å². The number of rotatable bonds is 3. The molecule has 1 aromatic heterocycles. The summed E-state index contributed by atoms with van der Waals surface area (Å²) in [6.07, 6.45) is 0.0690. The van der Waals surface area contributed by atoms with Crippen molar-refractivity contribution in [3.63, 3.8) is 0 Å². The average molecular weight is 330 g/mol. The fourth-order valence-electron chi connectivity index (χ4n) is 2.49. The Morgan fingerprint density at radius 1 is 1.33 bits per heavy atom. The van der Waals surface area contributed by atoms with E-state index >= 15 is 0 Å². The van der Waals surface area contributed by atoms with Gasteiger partial charge in [0.25, 0.3) is 5.89 Å². The van der Waals surface area contributed by atoms with Crippen LogP contribution in [0.2, 0.25) is 0 Å². The molecular formula is C17H22N4O3. The molecule has 1 saturated heterocycles. The molecule has 24 heavy (non-hydrogen) atoms. The van der Waals surface area contributed by atoms with Crippen LogP contribution >= 0.6 is 0 Å². The van der Waals surface area contributed by atoms with Gasteiger partial charge >= 0.3 is 6.03 Å². The zero-order chi connectivity index (χ0) is 17.1. The molecule has 7 heteroatoms. The Kier molecular flexibility index (Phi) is 4.80. The summed E-state index contributed by atoms with van der Waals surface area (Å²) in [5, 5.41) is 6.86. The Morgan fingerprint density at radius 2 is 2.08 bits per heavy atom. The number of morpholine rings is 1. The summed E-state index contributed by atoms with van der Waals surface area (Å²) in [7, 11) is 0. The van der Waals surface area contributed by atoms with Crippen LogP contribution in [0, 0.1) is 0 Å². The highest BCUT2D eigenvalue weighted by Crippen LogP contribution is 2.22. The zero-order valence-corrected chi connectivity index (χ0v) is 14.2. The van der Waals surface area contributed by atoms with Gasteiger partial charge in [-0.1, -0.05) is 19.0 Å². The van der Waals surface area contributed by atoms with Gasteiger partial charge in [-0.25, -0.2) is 4.79 Å². The van der Waals surface area contributed by atoms with Gasteiger partial charge in [0, 0.05) is 30.3 Å². The largest absolute Gasteiger partial charge is 0.375 e. The van der Waals surface area contributed by atoms with E-state index in [-0.39, 0.29) is 18.1 Å². The van der Waals surface area contributed by atoms with Crippen molar-refractivity contribution in [1.82, 2.24) is 15.0 Å². The molecule has 0 unspecified atom stereocenters. The first-order valence-corrected chi connectivity index (χ1v) is 8.14. The standard InChI is InChI=1S/C17H22N4O3/c1-11(2)15-19-16(24-20-15)13-4-6-14(7-5-13)18-17(22)21-8-9-23-12(3)10-21/h4-7,11-12H,8-10H2,1-3H3,(H,18,22)/t12-/m1/s1. The van der Waals surface area contributed by atoms with Gasteiger partial charge in [0.2, 0.25) is 0 Å². The van der Waals surface area contributed by atoms with Gasteiger partial charge in [-0.05, 0) is 31.2 Å². The van der Waals surface area contributed by atoms with Gasteiger partial charge in [-0.3, -0.25) is 0 Å². The highest BCUT2D eigenvalue weighted by atomic mass is 16.5. The predicted octanol–water partition coefficient (Wildman–Crippen LogP) is 3.11. The number of urea groups is 1. The van der Waals surface area contributed by atoms with Crippen LogP contribution in [-0.2, 0) is 4.74 Å². The minimum absolute atomic E-state index is 0.0690. The van der Waals surface area contributed by atoms with Crippen LogP contribution in [0.1, 0.15) is 32.5 Å². The molecule has 0 bridgehead atoms. The number of carbonyl (C=O) groups excluding carboxylic acids is 1. The van der Waals surface area contributed by atoms with E-state index in [0.29, 0.717) is 31.4 Å². The van der Waals surface area contributed by atoms with E-state index in [4.69, 9.17) is 9.26 Å². The number of anilines is 1. The molecule has 1 aliphatic rings. The molecule has 3 rings (SSSR count). The molecule has 1 aromatic carbocycles. The maximum Gasteiger partial charge on any atom is 0.322 e. The first-order valence-electron chi connectivity index (χ1n) is 8.14. The van der Waals surface area contributed by atoms with Gasteiger partial charge < -0.3 is 19.5 Å². The summed E-state index contributed by atoms with van der Waals surface area (Å²) in [5.41, 5.74) is 1.55. The molecule has 1 atom stereocenters. The first kappa shape index (κ1) is 16.4. The van der Waals surface area contributed by atoms with Gasteiger partial charge in [-0.15, -0.1) is 0 Å². The lowest BCUT2D eigenvalue weighted by Gasteiger charge is -2.31. The molecular weight excluding hydrogens is 308 g/mol. The number of hydrogen-bond donors (Lipinski definition) is 1. The average Bonchev–Trinajstić information content (AvgIpc) is 3.06. The van der Waals surface area contributed by atoms with Gasteiger partial charge in [0.15, 0.2) is 5.82 Å². The Hall–Kier alpha value is -2.41. The third-order valence-electron chi connectivity index (χ3n) is 3.87. The van der Waals surface area contributed by atoms with Crippen LogP contribution in [0.4, 0.5) is 10.5 Å². The molecule has 2 heterocycles. The SMILES string of the molecule is CC(C)c1noc(-c2ccc(NC(=O)N3CCO[C@H](C)C3)cc2)n1. The topological polar surface area (TPSA) is 80.5 Å². The Bertz CT molecular complexity index is 696. The second kappa shape index (κ2) is 7.00. The number of benzene rings is 1. The molecule has 0 spiro atoms. The summed E-state index contributed by atoms with van der Waals surface area (Å²) < 4.78 is 10.7. The van der Waals surface area contributed by atoms with Gasteiger partial charge in [0.1, 0.15) is 0 Å². The van der Waals surface area contributed by atoms with Crippen molar-refractivity contribution in [3.05, 3.63) is 30.1 Å². The van der Waals surface area contributed by atoms with Gasteiger partial charge in [0.05, 0.1) is 12.7 Å². The Balaban J connectivity index is 1.64. The Morgan fingerprint density at radius 3 is 2.71 bits per heavy atom. The number of nitrogens with zero attached hydrogens (tertiary/aromatic N) is 3. The van der Waals surface area contributed by atoms with Crippen molar-refractivity contribution in [1.29, 1.82) is 0 Å². The van der Waals surface area contributed by atoms with Crippen molar-refractivity contribution in [2.75, 3.05) is 25.0 Å². The molecule has 0 radical (unpaired) electrons. The van der Waals surface area contributed by atoms with E-state index in [1.807, 2.05) is 45.0 Å². The molecule has 128 valence electrons. The predicted molar refractivity (Wildman–Crippen MR) is 89.8 cm³/mol. The molecule has 2 aromatic rings. The van der Waals surface area contributed by atoms with Crippen molar-refractivity contribution in [3.8, 4) is 11.5 Å². The highest BCUT2D eigenvalue weighted by molar-refractivity contribution is 5.89. The lowest BCUT2D eigenvalue weighted by Crippen LogP contribution is -2.46. The lowest BCUT2D eigenvalue weighted by molar-refractivity contribution is -0.00138. The molecule has 7 nitrogen and oxygen atoms in total. The number of carbonyl (C=O) groups is 1. The fourth-order valence-corrected chi connectivity index (χ4v) is 2.49. The number of nitrogens with one attached hydrogen (secondary N) is 1. The molecule has 2 amide bonds. The quantitative estimate of drug-likeness (QED) is 0.935. The molecule has 1 fully saturated rings. The number of hydrogen-bond acceptors (Lipinski definition) is 5. The van der Waals surface area contributed by atoms with E-state index in [0.717, 1.165) is 11.3 Å². The Labute approximate surface area is 141 Å². The van der Waals surface area contributed by atoms with E-state index in [2.05, 4.69) is 15.5 Å².